The second-order valence-electron chi connectivity index (χ2n) is 2.21. The quantitative estimate of drug-likeness (QED) is 0.569. The Labute approximate surface area is 60.0 Å². The zero-order chi connectivity index (χ0) is 8.15. The van der Waals surface area contributed by atoms with E-state index < -0.39 is 18.0 Å². The van der Waals surface area contributed by atoms with Crippen LogP contribution in [0.2, 0.25) is 0 Å². The fourth-order valence-electron chi connectivity index (χ4n) is 0.684. The van der Waals surface area contributed by atoms with Gasteiger partial charge in [0.25, 0.3) is 0 Å². The predicted octanol–water partition coefficient (Wildman–Crippen LogP) is 0.644. The molecule has 1 unspecified atom stereocenters. The monoisotopic (exact) mass is 144 g/mol. The minimum absolute atomic E-state index is 0.312. The Bertz CT molecular complexity index is 129. The SMILES string of the molecule is C=CCC(C(=O)O)[C@H](C)O. The third kappa shape index (κ3) is 2.64. The van der Waals surface area contributed by atoms with Gasteiger partial charge < -0.3 is 10.2 Å². The number of allylic oxidation sites excluding steroid dienone is 1. The van der Waals surface area contributed by atoms with Crippen molar-refractivity contribution in [1.29, 1.82) is 0 Å². The minimum Gasteiger partial charge on any atom is -0.481 e. The van der Waals surface area contributed by atoms with Crippen molar-refractivity contribution in [2.45, 2.75) is 19.4 Å². The Morgan fingerprint density at radius 3 is 2.40 bits per heavy atom. The van der Waals surface area contributed by atoms with Gasteiger partial charge in [-0.3, -0.25) is 4.79 Å². The number of aliphatic carboxylic acids is 1. The molecule has 0 aliphatic carbocycles. The van der Waals surface area contributed by atoms with Crippen LogP contribution in [0.15, 0.2) is 12.7 Å². The summed E-state index contributed by atoms with van der Waals surface area (Å²) < 4.78 is 0. The van der Waals surface area contributed by atoms with Gasteiger partial charge in [-0.15, -0.1) is 6.58 Å². The molecule has 0 amide bonds. The number of carboxylic acid groups (broad SMARTS) is 1. The van der Waals surface area contributed by atoms with Crippen molar-refractivity contribution >= 4 is 5.97 Å². The maximum absolute atomic E-state index is 10.3. The van der Waals surface area contributed by atoms with Crippen LogP contribution < -0.4 is 0 Å². The van der Waals surface area contributed by atoms with Crippen LogP contribution in [0.4, 0.5) is 0 Å². The molecule has 3 nitrogen and oxygen atoms in total. The standard InChI is InChI=1S/C7H12O3/c1-3-4-6(5(2)8)7(9)10/h3,5-6,8H,1,4H2,2H3,(H,9,10)/t5-,6?/m0/s1. The summed E-state index contributed by atoms with van der Waals surface area (Å²) in [6, 6.07) is 0. The summed E-state index contributed by atoms with van der Waals surface area (Å²) in [7, 11) is 0. The van der Waals surface area contributed by atoms with Gasteiger partial charge in [0.1, 0.15) is 0 Å². The van der Waals surface area contributed by atoms with Gasteiger partial charge >= 0.3 is 5.97 Å². The molecule has 2 N–H and O–H groups in total. The third-order valence-electron chi connectivity index (χ3n) is 1.32. The molecule has 10 heavy (non-hydrogen) atoms. The molecule has 0 aromatic rings. The highest BCUT2D eigenvalue weighted by Gasteiger charge is 2.20. The first-order valence-electron chi connectivity index (χ1n) is 3.11. The van der Waals surface area contributed by atoms with E-state index in [1.54, 1.807) is 0 Å². The van der Waals surface area contributed by atoms with Crippen molar-refractivity contribution in [1.82, 2.24) is 0 Å². The molecule has 0 bridgehead atoms. The predicted molar refractivity (Wildman–Crippen MR) is 37.6 cm³/mol. The van der Waals surface area contributed by atoms with Gasteiger partial charge in [-0.2, -0.15) is 0 Å². The number of carbonyl (C=O) groups is 1. The first kappa shape index (κ1) is 9.17. The van der Waals surface area contributed by atoms with E-state index in [4.69, 9.17) is 10.2 Å². The Hall–Kier alpha value is -0.830. The number of hydrogen-bond acceptors (Lipinski definition) is 2. The molecule has 0 saturated carbocycles. The van der Waals surface area contributed by atoms with Crippen LogP contribution in [0.5, 0.6) is 0 Å². The van der Waals surface area contributed by atoms with Gasteiger partial charge in [-0.1, -0.05) is 6.08 Å². The molecule has 3 heteroatoms. The molecular formula is C7H12O3. The van der Waals surface area contributed by atoms with Crippen LogP contribution in [0, 0.1) is 5.92 Å². The second kappa shape index (κ2) is 4.06. The summed E-state index contributed by atoms with van der Waals surface area (Å²) >= 11 is 0. The topological polar surface area (TPSA) is 57.5 Å². The summed E-state index contributed by atoms with van der Waals surface area (Å²) in [6.45, 7) is 4.85. The smallest absolute Gasteiger partial charge is 0.309 e. The molecule has 0 aliphatic rings. The van der Waals surface area contributed by atoms with Crippen LogP contribution >= 0.6 is 0 Å². The first-order valence-corrected chi connectivity index (χ1v) is 3.11. The third-order valence-corrected chi connectivity index (χ3v) is 1.32. The van der Waals surface area contributed by atoms with Crippen LogP contribution in [-0.4, -0.2) is 22.3 Å². The van der Waals surface area contributed by atoms with E-state index in [0.29, 0.717) is 6.42 Å². The number of aliphatic hydroxyl groups excluding tert-OH is 1. The lowest BCUT2D eigenvalue weighted by atomic mass is 10.0. The maximum Gasteiger partial charge on any atom is 0.309 e. The van der Waals surface area contributed by atoms with Gasteiger partial charge in [0.05, 0.1) is 12.0 Å². The highest BCUT2D eigenvalue weighted by Crippen LogP contribution is 2.08. The van der Waals surface area contributed by atoms with Gasteiger partial charge in [0, 0.05) is 0 Å². The fourth-order valence-corrected chi connectivity index (χ4v) is 0.684. The van der Waals surface area contributed by atoms with E-state index in [0.717, 1.165) is 0 Å². The zero-order valence-corrected chi connectivity index (χ0v) is 5.95. The van der Waals surface area contributed by atoms with Crippen LogP contribution in [-0.2, 0) is 4.79 Å². The van der Waals surface area contributed by atoms with Gasteiger partial charge in [-0.25, -0.2) is 0 Å². The van der Waals surface area contributed by atoms with E-state index in [2.05, 4.69) is 6.58 Å². The van der Waals surface area contributed by atoms with Crippen LogP contribution in [0.1, 0.15) is 13.3 Å². The largest absolute Gasteiger partial charge is 0.481 e. The summed E-state index contributed by atoms with van der Waals surface area (Å²) in [5, 5.41) is 17.4. The summed E-state index contributed by atoms with van der Waals surface area (Å²) in [4.78, 5) is 10.3. The molecule has 0 spiro atoms. The highest BCUT2D eigenvalue weighted by molar-refractivity contribution is 5.70. The first-order chi connectivity index (χ1) is 4.59. The Kier molecular flexibility index (Phi) is 3.72. The number of rotatable bonds is 4. The molecule has 0 aromatic heterocycles. The van der Waals surface area contributed by atoms with E-state index in [-0.39, 0.29) is 0 Å². The molecule has 0 fully saturated rings. The fraction of sp³-hybridized carbons (Fsp3) is 0.571. The Morgan fingerprint density at radius 2 is 2.30 bits per heavy atom. The Morgan fingerprint density at radius 1 is 1.80 bits per heavy atom. The number of hydrogen-bond donors (Lipinski definition) is 2. The molecule has 0 aromatic carbocycles. The van der Waals surface area contributed by atoms with Crippen LogP contribution in [0.3, 0.4) is 0 Å². The van der Waals surface area contributed by atoms with Gasteiger partial charge in [-0.05, 0) is 13.3 Å². The molecule has 0 heterocycles. The summed E-state index contributed by atoms with van der Waals surface area (Å²) in [6.07, 6.45) is 0.994. The van der Waals surface area contributed by atoms with Gasteiger partial charge in [0.15, 0.2) is 0 Å². The molecule has 0 rings (SSSR count). The number of aliphatic hydroxyl groups is 1. The van der Waals surface area contributed by atoms with Crippen molar-refractivity contribution in [2.75, 3.05) is 0 Å². The van der Waals surface area contributed by atoms with Gasteiger partial charge in [0.2, 0.25) is 0 Å². The van der Waals surface area contributed by atoms with E-state index in [1.165, 1.54) is 13.0 Å². The second-order valence-corrected chi connectivity index (χ2v) is 2.21. The van der Waals surface area contributed by atoms with Crippen LogP contribution in [0.25, 0.3) is 0 Å². The number of carboxylic acids is 1. The molecule has 2 atom stereocenters. The Balaban J connectivity index is 3.97. The lowest BCUT2D eigenvalue weighted by Crippen LogP contribution is -2.24. The summed E-state index contributed by atoms with van der Waals surface area (Å²) in [5.41, 5.74) is 0. The maximum atomic E-state index is 10.3. The van der Waals surface area contributed by atoms with E-state index in [1.807, 2.05) is 0 Å². The summed E-state index contributed by atoms with van der Waals surface area (Å²) in [5.74, 6) is -1.69. The minimum atomic E-state index is -0.977. The lowest BCUT2D eigenvalue weighted by molar-refractivity contribution is -0.145. The van der Waals surface area contributed by atoms with Crippen molar-refractivity contribution in [3.63, 3.8) is 0 Å². The molecule has 58 valence electrons. The van der Waals surface area contributed by atoms with Crippen molar-refractivity contribution in [3.8, 4) is 0 Å². The normalized spacial score (nSPS) is 15.8. The average molecular weight is 144 g/mol. The average Bonchev–Trinajstić information content (AvgIpc) is 1.81. The molecular weight excluding hydrogens is 132 g/mol. The molecule has 0 saturated heterocycles. The molecule has 0 radical (unpaired) electrons. The zero-order valence-electron chi connectivity index (χ0n) is 5.95. The van der Waals surface area contributed by atoms with E-state index in [9.17, 15) is 4.79 Å². The lowest BCUT2D eigenvalue weighted by Gasteiger charge is -2.11. The van der Waals surface area contributed by atoms with Crippen molar-refractivity contribution < 1.29 is 15.0 Å². The van der Waals surface area contributed by atoms with Crippen molar-refractivity contribution in [2.24, 2.45) is 5.92 Å². The highest BCUT2D eigenvalue weighted by atomic mass is 16.4. The van der Waals surface area contributed by atoms with E-state index >= 15 is 0 Å². The van der Waals surface area contributed by atoms with Crippen molar-refractivity contribution in [3.05, 3.63) is 12.7 Å². The molecule has 0 aliphatic heterocycles.